The predicted octanol–water partition coefficient (Wildman–Crippen LogP) is 8.41. The van der Waals surface area contributed by atoms with Crippen LogP contribution >= 0.6 is 0 Å². The monoisotopic (exact) mass is 765 g/mol. The topological polar surface area (TPSA) is 91.3 Å². The van der Waals surface area contributed by atoms with E-state index in [2.05, 4.69) is 60.6 Å². The van der Waals surface area contributed by atoms with Crippen LogP contribution in [0.2, 0.25) is 0 Å². The van der Waals surface area contributed by atoms with Gasteiger partial charge in [0, 0.05) is 37.7 Å². The number of aliphatic hydroxyl groups is 1. The summed E-state index contributed by atoms with van der Waals surface area (Å²) < 4.78 is 52.7. The average molecular weight is 766 g/mol. The smallest absolute Gasteiger partial charge is 0.392 e. The third-order valence-corrected chi connectivity index (χ3v) is 11.0. The lowest BCUT2D eigenvalue weighted by Gasteiger charge is -2.39. The first-order chi connectivity index (χ1) is 27.0. The van der Waals surface area contributed by atoms with Crippen molar-refractivity contribution < 1.29 is 37.3 Å². The fourth-order valence-corrected chi connectivity index (χ4v) is 7.76. The number of likely N-dealkylation sites (N-methyl/N-ethyl adjacent to an activating group) is 1. The average Bonchev–Trinajstić information content (AvgIpc) is 3.72. The molecule has 0 radical (unpaired) electrons. The highest BCUT2D eigenvalue weighted by molar-refractivity contribution is 5.90. The van der Waals surface area contributed by atoms with Crippen molar-refractivity contribution >= 4 is 22.6 Å². The van der Waals surface area contributed by atoms with Crippen LogP contribution in [-0.2, 0) is 32.2 Å². The van der Waals surface area contributed by atoms with Crippen molar-refractivity contribution in [3.8, 4) is 11.1 Å². The van der Waals surface area contributed by atoms with Crippen LogP contribution in [-0.4, -0.2) is 65.2 Å². The summed E-state index contributed by atoms with van der Waals surface area (Å²) in [5, 5.41) is 14.8. The summed E-state index contributed by atoms with van der Waals surface area (Å²) >= 11 is 0. The summed E-state index contributed by atoms with van der Waals surface area (Å²) in [5.74, 6) is -2.59. The van der Waals surface area contributed by atoms with Crippen molar-refractivity contribution in [3.63, 3.8) is 0 Å². The molecular weight excluding hydrogens is 720 g/mol. The lowest BCUT2D eigenvalue weighted by Crippen LogP contribution is -2.50. The second-order valence-electron chi connectivity index (χ2n) is 14.7. The van der Waals surface area contributed by atoms with Crippen LogP contribution in [0.4, 0.5) is 13.2 Å². The van der Waals surface area contributed by atoms with E-state index in [1.807, 2.05) is 78.9 Å². The molecule has 56 heavy (non-hydrogen) atoms. The molecule has 2 amide bonds. The molecule has 0 unspecified atom stereocenters. The summed E-state index contributed by atoms with van der Waals surface area (Å²) in [6.07, 6.45) is -4.94. The number of fused-ring (bicyclic) bond motifs is 1. The van der Waals surface area contributed by atoms with Gasteiger partial charge in [-0.15, -0.1) is 0 Å². The summed E-state index contributed by atoms with van der Waals surface area (Å²) in [6, 6.07) is 37.1. The van der Waals surface area contributed by atoms with Gasteiger partial charge in [0.1, 0.15) is 6.04 Å². The Morgan fingerprint density at radius 1 is 0.893 bits per heavy atom. The zero-order valence-corrected chi connectivity index (χ0v) is 31.4. The molecule has 0 spiro atoms. The number of likely N-dealkylation sites (tertiary alicyclic amines) is 1. The number of nitrogens with zero attached hydrogens (tertiary/aromatic N) is 2. The Hall–Kier alpha value is -5.07. The number of halogens is 3. The van der Waals surface area contributed by atoms with Crippen molar-refractivity contribution in [3.05, 3.63) is 143 Å². The van der Waals surface area contributed by atoms with Gasteiger partial charge in [-0.05, 0) is 77.0 Å². The number of carbonyl (C=O) groups excluding carboxylic acids is 2. The van der Waals surface area contributed by atoms with Crippen LogP contribution < -0.4 is 5.32 Å². The van der Waals surface area contributed by atoms with Crippen molar-refractivity contribution in [2.45, 2.75) is 76.1 Å². The van der Waals surface area contributed by atoms with Crippen LogP contribution in [0.25, 0.3) is 21.9 Å². The number of amides is 2. The summed E-state index contributed by atoms with van der Waals surface area (Å²) in [4.78, 5) is 27.9. The van der Waals surface area contributed by atoms with Gasteiger partial charge in [-0.2, -0.15) is 13.2 Å². The van der Waals surface area contributed by atoms with Crippen LogP contribution in [0.1, 0.15) is 72.4 Å². The first-order valence-corrected chi connectivity index (χ1v) is 19.0. The maximum atomic E-state index is 13.1. The van der Waals surface area contributed by atoms with E-state index in [1.54, 1.807) is 0 Å². The highest BCUT2D eigenvalue weighted by Crippen LogP contribution is 2.39. The molecule has 2 aliphatic rings. The summed E-state index contributed by atoms with van der Waals surface area (Å²) in [7, 11) is 2.11. The first kappa shape index (κ1) is 39.2. The Kier molecular flexibility index (Phi) is 11.9. The molecule has 2 saturated heterocycles. The van der Waals surface area contributed by atoms with Gasteiger partial charge in [0.15, 0.2) is 6.29 Å². The number of hydrogen-bond acceptors (Lipinski definition) is 6. The Morgan fingerprint density at radius 3 is 2.32 bits per heavy atom. The molecular formula is C45H46F3N3O5. The van der Waals surface area contributed by atoms with Crippen LogP contribution in [0, 0.1) is 0 Å². The zero-order valence-electron chi connectivity index (χ0n) is 31.4. The van der Waals surface area contributed by atoms with E-state index >= 15 is 0 Å². The zero-order chi connectivity index (χ0) is 39.4. The second kappa shape index (κ2) is 17.0. The number of carbonyl (C=O) groups is 2. The van der Waals surface area contributed by atoms with Crippen molar-refractivity contribution in [2.24, 2.45) is 0 Å². The number of hydrogen-bond donors (Lipinski definition) is 2. The number of benzene rings is 5. The quantitative estimate of drug-likeness (QED) is 0.140. The standard InChI is InChI=1S/C45H46F3N3O5/c1-29(35-22-17-31-8-3-4-9-36(31)24-35)50(2)27-38-25-41(33-15-13-30(28-52)14-16-33)56-43(55-38)34-20-18-32(19-21-34)39-11-6-5-10-37(39)26-49-42(53)40-12-7-23-51(40)44(54)45(46,47)48/h3-6,8-11,13-22,24,29,38,40-41,43,52H,7,12,23,25-28H2,1-2H3,(H,49,53)/t29-,38+,40+,41-,43-/m1/s1. The first-order valence-electron chi connectivity index (χ1n) is 19.0. The molecule has 0 bridgehead atoms. The van der Waals surface area contributed by atoms with Crippen molar-refractivity contribution in [1.29, 1.82) is 0 Å². The molecule has 5 aromatic rings. The minimum absolute atomic E-state index is 0.0401. The van der Waals surface area contributed by atoms with E-state index in [-0.39, 0.29) is 44.4 Å². The molecule has 2 N–H and O–H groups in total. The number of alkyl halides is 3. The predicted molar refractivity (Wildman–Crippen MR) is 208 cm³/mol. The van der Waals surface area contributed by atoms with E-state index in [1.165, 1.54) is 16.3 Å². The third-order valence-electron chi connectivity index (χ3n) is 11.0. The van der Waals surface area contributed by atoms with E-state index < -0.39 is 30.3 Å². The van der Waals surface area contributed by atoms with Gasteiger partial charge in [-0.25, -0.2) is 0 Å². The molecule has 7 rings (SSSR count). The Bertz CT molecular complexity index is 2140. The van der Waals surface area contributed by atoms with Gasteiger partial charge in [0.2, 0.25) is 5.91 Å². The molecule has 0 aliphatic carbocycles. The Balaban J connectivity index is 1.06. The SMILES string of the molecule is C[C@H](c1ccc2ccccc2c1)N(C)C[C@@H]1C[C@H](c2ccc(CO)cc2)O[C@H](c2ccc(-c3ccccc3CNC(=O)[C@@H]3CCCN3C(=O)C(F)(F)F)cc2)O1. The highest BCUT2D eigenvalue weighted by atomic mass is 19.4. The maximum Gasteiger partial charge on any atom is 0.471 e. The summed E-state index contributed by atoms with van der Waals surface area (Å²) in [5.41, 5.74) is 6.39. The van der Waals surface area contributed by atoms with E-state index in [0.717, 1.165) is 33.4 Å². The minimum atomic E-state index is -5.03. The number of rotatable bonds is 11. The number of nitrogens with one attached hydrogen (secondary N) is 1. The van der Waals surface area contributed by atoms with Gasteiger partial charge >= 0.3 is 12.1 Å². The number of aliphatic hydroxyl groups excluding tert-OH is 1. The van der Waals surface area contributed by atoms with Crippen molar-refractivity contribution in [1.82, 2.24) is 15.1 Å². The molecule has 5 aromatic carbocycles. The summed E-state index contributed by atoms with van der Waals surface area (Å²) in [6.45, 7) is 2.80. The van der Waals surface area contributed by atoms with Gasteiger partial charge in [-0.3, -0.25) is 14.5 Å². The maximum absolute atomic E-state index is 13.1. The Morgan fingerprint density at radius 2 is 1.59 bits per heavy atom. The fourth-order valence-electron chi connectivity index (χ4n) is 7.76. The molecule has 8 nitrogen and oxygen atoms in total. The molecule has 5 atom stereocenters. The Labute approximate surface area is 324 Å². The van der Waals surface area contributed by atoms with Gasteiger partial charge in [0.05, 0.1) is 18.8 Å². The van der Waals surface area contributed by atoms with Gasteiger partial charge in [0.25, 0.3) is 0 Å². The van der Waals surface area contributed by atoms with Crippen LogP contribution in [0.3, 0.4) is 0 Å². The number of ether oxygens (including phenoxy) is 2. The highest BCUT2D eigenvalue weighted by Gasteiger charge is 2.47. The van der Waals surface area contributed by atoms with Gasteiger partial charge < -0.3 is 24.8 Å². The molecule has 2 fully saturated rings. The van der Waals surface area contributed by atoms with E-state index in [4.69, 9.17) is 9.47 Å². The molecule has 2 aliphatic heterocycles. The third kappa shape index (κ3) is 8.81. The fraction of sp³-hybridized carbons (Fsp3) is 0.333. The lowest BCUT2D eigenvalue weighted by atomic mass is 9.97. The van der Waals surface area contributed by atoms with E-state index in [9.17, 15) is 27.9 Å². The van der Waals surface area contributed by atoms with Gasteiger partial charge in [-0.1, -0.05) is 109 Å². The lowest BCUT2D eigenvalue weighted by molar-refractivity contribution is -0.253. The van der Waals surface area contributed by atoms with E-state index in [0.29, 0.717) is 24.3 Å². The van der Waals surface area contributed by atoms with Crippen LogP contribution in [0.15, 0.2) is 115 Å². The molecule has 11 heteroatoms. The minimum Gasteiger partial charge on any atom is -0.392 e. The second-order valence-corrected chi connectivity index (χ2v) is 14.7. The molecule has 292 valence electrons. The van der Waals surface area contributed by atoms with Crippen LogP contribution in [0.5, 0.6) is 0 Å². The molecule has 0 aromatic heterocycles. The normalized spacial score (nSPS) is 20.7. The largest absolute Gasteiger partial charge is 0.471 e. The van der Waals surface area contributed by atoms with Crippen molar-refractivity contribution in [2.75, 3.05) is 20.1 Å². The molecule has 0 saturated carbocycles. The molecule has 2 heterocycles.